The smallest absolute Gasteiger partial charge is 0.330 e. The Hall–Kier alpha value is -1.17. The van der Waals surface area contributed by atoms with Crippen LogP contribution in [-0.2, 0) is 19.0 Å². The van der Waals surface area contributed by atoms with Gasteiger partial charge in [-0.25, -0.2) is 4.79 Å². The molecule has 0 aromatic heterocycles. The van der Waals surface area contributed by atoms with Gasteiger partial charge in [0.05, 0.1) is 31.5 Å². The maximum Gasteiger partial charge on any atom is 0.330 e. The average Bonchev–Trinajstić information content (AvgIpc) is 2.40. The molecule has 3 unspecified atom stereocenters. The Morgan fingerprint density at radius 2 is 1.65 bits per heavy atom. The number of aliphatic hydroxyl groups is 1. The van der Waals surface area contributed by atoms with Crippen LogP contribution in [-0.4, -0.2) is 49.2 Å². The molecule has 0 spiro atoms. The van der Waals surface area contributed by atoms with Crippen LogP contribution in [0.5, 0.6) is 0 Å². The van der Waals surface area contributed by atoms with Crippen LogP contribution < -0.4 is 0 Å². The molecule has 0 amide bonds. The monoisotopic (exact) mass is 286 g/mol. The molecule has 20 heavy (non-hydrogen) atoms. The van der Waals surface area contributed by atoms with Crippen molar-refractivity contribution in [3.05, 3.63) is 24.3 Å². The van der Waals surface area contributed by atoms with E-state index >= 15 is 0 Å². The van der Waals surface area contributed by atoms with Gasteiger partial charge >= 0.3 is 5.97 Å². The van der Waals surface area contributed by atoms with E-state index < -0.39 is 12.1 Å². The van der Waals surface area contributed by atoms with Gasteiger partial charge in [-0.1, -0.05) is 18.2 Å². The third kappa shape index (κ3) is 11.9. The van der Waals surface area contributed by atoms with Gasteiger partial charge in [0, 0.05) is 6.08 Å². The Kier molecular flexibility index (Phi) is 11.0. The quantitative estimate of drug-likeness (QED) is 0.377. The first-order valence-corrected chi connectivity index (χ1v) is 6.83. The van der Waals surface area contributed by atoms with E-state index in [1.807, 2.05) is 26.8 Å². The number of allylic oxidation sites excluding steroid dienone is 3. The second-order valence-electron chi connectivity index (χ2n) is 4.65. The van der Waals surface area contributed by atoms with Crippen LogP contribution in [0.15, 0.2) is 24.3 Å². The van der Waals surface area contributed by atoms with Crippen molar-refractivity contribution in [3.8, 4) is 0 Å². The van der Waals surface area contributed by atoms with Crippen LogP contribution in [0.1, 0.15) is 27.7 Å². The van der Waals surface area contributed by atoms with Crippen molar-refractivity contribution < 1.29 is 24.1 Å². The molecule has 0 aliphatic heterocycles. The number of aliphatic hydroxyl groups excluding tert-OH is 1. The highest BCUT2D eigenvalue weighted by Crippen LogP contribution is 1.99. The summed E-state index contributed by atoms with van der Waals surface area (Å²) in [4.78, 5) is 11.3. The van der Waals surface area contributed by atoms with Gasteiger partial charge < -0.3 is 19.3 Å². The topological polar surface area (TPSA) is 65.0 Å². The molecule has 116 valence electrons. The van der Waals surface area contributed by atoms with Gasteiger partial charge in [0.2, 0.25) is 0 Å². The fraction of sp³-hybridized carbons (Fsp3) is 0.667. The van der Waals surface area contributed by atoms with Gasteiger partial charge in [0.25, 0.3) is 0 Å². The summed E-state index contributed by atoms with van der Waals surface area (Å²) < 4.78 is 15.8. The van der Waals surface area contributed by atoms with E-state index in [1.165, 1.54) is 6.08 Å². The minimum atomic E-state index is -0.486. The van der Waals surface area contributed by atoms with E-state index in [4.69, 9.17) is 19.3 Å². The van der Waals surface area contributed by atoms with Gasteiger partial charge in [-0.2, -0.15) is 0 Å². The number of carbonyl (C=O) groups is 1. The lowest BCUT2D eigenvalue weighted by atomic mass is 10.4. The van der Waals surface area contributed by atoms with Crippen molar-refractivity contribution in [3.63, 3.8) is 0 Å². The number of carbonyl (C=O) groups excluding carboxylic acids is 1. The minimum Gasteiger partial charge on any atom is -0.460 e. The second kappa shape index (κ2) is 11.6. The van der Waals surface area contributed by atoms with E-state index in [0.717, 1.165) is 0 Å². The zero-order valence-electron chi connectivity index (χ0n) is 12.7. The van der Waals surface area contributed by atoms with E-state index in [2.05, 4.69) is 0 Å². The Morgan fingerprint density at radius 1 is 1.05 bits per heavy atom. The number of ether oxygens (including phenoxy) is 3. The summed E-state index contributed by atoms with van der Waals surface area (Å²) in [6, 6.07) is 0. The second-order valence-corrected chi connectivity index (χ2v) is 4.65. The molecule has 0 aliphatic rings. The molecule has 1 N–H and O–H groups in total. The fourth-order valence-electron chi connectivity index (χ4n) is 1.19. The van der Waals surface area contributed by atoms with E-state index in [9.17, 15) is 4.79 Å². The number of hydrogen-bond acceptors (Lipinski definition) is 5. The maximum atomic E-state index is 11.3. The van der Waals surface area contributed by atoms with Crippen LogP contribution >= 0.6 is 0 Å². The molecule has 0 saturated heterocycles. The zero-order chi connectivity index (χ0) is 15.4. The van der Waals surface area contributed by atoms with Gasteiger partial charge in [0.1, 0.15) is 6.61 Å². The lowest BCUT2D eigenvalue weighted by Crippen LogP contribution is -2.26. The van der Waals surface area contributed by atoms with Crippen molar-refractivity contribution in [2.75, 3.05) is 19.8 Å². The Bertz CT molecular complexity index is 309. The van der Waals surface area contributed by atoms with Crippen LogP contribution in [0.25, 0.3) is 0 Å². The van der Waals surface area contributed by atoms with E-state index in [1.54, 1.807) is 19.1 Å². The third-order valence-corrected chi connectivity index (χ3v) is 2.23. The predicted molar refractivity (Wildman–Crippen MR) is 77.4 cm³/mol. The molecule has 0 saturated carbocycles. The number of esters is 1. The van der Waals surface area contributed by atoms with E-state index in [-0.39, 0.29) is 25.4 Å². The summed E-state index contributed by atoms with van der Waals surface area (Å²) in [6.07, 6.45) is 5.76. The highest BCUT2D eigenvalue weighted by atomic mass is 16.6. The van der Waals surface area contributed by atoms with Crippen LogP contribution in [0.4, 0.5) is 0 Å². The molecule has 5 nitrogen and oxygen atoms in total. The van der Waals surface area contributed by atoms with E-state index in [0.29, 0.717) is 6.61 Å². The summed E-state index contributed by atoms with van der Waals surface area (Å²) in [6.45, 7) is 8.08. The van der Waals surface area contributed by atoms with Crippen LogP contribution in [0.2, 0.25) is 0 Å². The lowest BCUT2D eigenvalue weighted by molar-refractivity contribution is -0.142. The molecule has 0 radical (unpaired) electrons. The van der Waals surface area contributed by atoms with Crippen LogP contribution in [0, 0.1) is 0 Å². The van der Waals surface area contributed by atoms with Gasteiger partial charge in [-0.05, 0) is 27.7 Å². The molecule has 0 bridgehead atoms. The van der Waals surface area contributed by atoms with Crippen LogP contribution in [0.3, 0.4) is 0 Å². The zero-order valence-corrected chi connectivity index (χ0v) is 12.7. The molecule has 3 atom stereocenters. The number of rotatable bonds is 10. The molecule has 5 heteroatoms. The molecule has 0 aromatic carbocycles. The molecular formula is C15H26O5. The first-order valence-electron chi connectivity index (χ1n) is 6.83. The minimum absolute atomic E-state index is 0.114. The lowest BCUT2D eigenvalue weighted by Gasteiger charge is -2.18. The first kappa shape index (κ1) is 18.8. The van der Waals surface area contributed by atoms with Gasteiger partial charge in [0.15, 0.2) is 0 Å². The SMILES string of the molecule is C/C=C/C=C/C(=O)OCC(C)OCC(C)OCC(C)O. The van der Waals surface area contributed by atoms with Crippen molar-refractivity contribution in [2.45, 2.75) is 46.0 Å². The molecule has 0 aromatic rings. The predicted octanol–water partition coefficient (Wildman–Crippen LogP) is 1.85. The molecule has 0 heterocycles. The summed E-state index contributed by atoms with van der Waals surface area (Å²) >= 11 is 0. The molecular weight excluding hydrogens is 260 g/mol. The summed E-state index contributed by atoms with van der Waals surface area (Å²) in [7, 11) is 0. The Morgan fingerprint density at radius 3 is 2.25 bits per heavy atom. The largest absolute Gasteiger partial charge is 0.460 e. The summed E-state index contributed by atoms with van der Waals surface area (Å²) in [5.74, 6) is -0.392. The molecule has 0 rings (SSSR count). The Labute approximate surface area is 121 Å². The maximum absolute atomic E-state index is 11.3. The standard InChI is InChI=1S/C15H26O5/c1-5-6-7-8-15(17)20-11-14(4)19-10-13(3)18-9-12(2)16/h5-8,12-14,16H,9-11H2,1-4H3/b6-5+,8-7+. The normalized spacial score (nSPS) is 16.4. The van der Waals surface area contributed by atoms with Gasteiger partial charge in [-0.3, -0.25) is 0 Å². The van der Waals surface area contributed by atoms with Crippen molar-refractivity contribution in [1.82, 2.24) is 0 Å². The highest BCUT2D eigenvalue weighted by molar-refractivity contribution is 5.82. The fourth-order valence-corrected chi connectivity index (χ4v) is 1.19. The highest BCUT2D eigenvalue weighted by Gasteiger charge is 2.09. The van der Waals surface area contributed by atoms with Crippen molar-refractivity contribution in [2.24, 2.45) is 0 Å². The van der Waals surface area contributed by atoms with Gasteiger partial charge in [-0.15, -0.1) is 0 Å². The summed E-state index contributed by atoms with van der Waals surface area (Å²) in [5.41, 5.74) is 0. The van der Waals surface area contributed by atoms with Crippen molar-refractivity contribution >= 4 is 5.97 Å². The number of hydrogen-bond donors (Lipinski definition) is 1. The molecule has 0 aliphatic carbocycles. The first-order chi connectivity index (χ1) is 9.45. The molecule has 0 fully saturated rings. The summed E-state index contributed by atoms with van der Waals surface area (Å²) in [5, 5.41) is 9.08. The van der Waals surface area contributed by atoms with Crippen molar-refractivity contribution in [1.29, 1.82) is 0 Å². The third-order valence-electron chi connectivity index (χ3n) is 2.23. The average molecular weight is 286 g/mol. The Balaban J connectivity index is 3.72.